The van der Waals surface area contributed by atoms with Crippen LogP contribution in [-0.4, -0.2) is 11.8 Å². The Kier molecular flexibility index (Phi) is 8.64. The van der Waals surface area contributed by atoms with E-state index in [-0.39, 0.29) is 5.70 Å². The highest BCUT2D eigenvalue weighted by atomic mass is 35.5. The Morgan fingerprint density at radius 1 is 0.939 bits per heavy atom. The van der Waals surface area contributed by atoms with Crippen molar-refractivity contribution in [3.05, 3.63) is 105 Å². The Balaban J connectivity index is 1.84. The molecular weight excluding hydrogens is 462 g/mol. The molecule has 0 aliphatic rings. The lowest BCUT2D eigenvalue weighted by Gasteiger charge is -2.12. The SMILES string of the molecule is CCCCc1ccc(C(=O)NC(=Cc2ccc(F)cc2)C(=O)Nc2cc(Cl)cc(Cl)c2)cc1. The maximum atomic E-state index is 13.3. The second kappa shape index (κ2) is 11.6. The fraction of sp³-hybridized carbons (Fsp3) is 0.154. The number of carbonyl (C=O) groups excluding carboxylic acids is 2. The van der Waals surface area contributed by atoms with Crippen LogP contribution in [0.15, 0.2) is 72.4 Å². The summed E-state index contributed by atoms with van der Waals surface area (Å²) in [4.78, 5) is 25.8. The standard InChI is InChI=1S/C26H23Cl2FN2O2/c1-2-3-4-17-5-9-19(10-6-17)25(32)31-24(13-18-7-11-22(29)12-8-18)26(33)30-23-15-20(27)14-21(28)16-23/h5-16H,2-4H2,1H3,(H,30,33)(H,31,32). The third-order valence-corrected chi connectivity index (χ3v) is 5.27. The van der Waals surface area contributed by atoms with Gasteiger partial charge >= 0.3 is 0 Å². The van der Waals surface area contributed by atoms with Crippen molar-refractivity contribution >= 4 is 46.8 Å². The first-order valence-electron chi connectivity index (χ1n) is 10.5. The summed E-state index contributed by atoms with van der Waals surface area (Å²) in [5.74, 6) is -1.42. The zero-order valence-electron chi connectivity index (χ0n) is 18.0. The largest absolute Gasteiger partial charge is 0.321 e. The van der Waals surface area contributed by atoms with Gasteiger partial charge in [-0.1, -0.05) is 60.8 Å². The van der Waals surface area contributed by atoms with Gasteiger partial charge in [-0.2, -0.15) is 0 Å². The molecule has 0 spiro atoms. The van der Waals surface area contributed by atoms with Crippen molar-refractivity contribution in [2.75, 3.05) is 5.32 Å². The van der Waals surface area contributed by atoms with Gasteiger partial charge in [0.2, 0.25) is 0 Å². The highest BCUT2D eigenvalue weighted by molar-refractivity contribution is 6.35. The molecule has 0 saturated heterocycles. The third-order valence-electron chi connectivity index (χ3n) is 4.83. The van der Waals surface area contributed by atoms with E-state index in [1.165, 1.54) is 42.5 Å². The van der Waals surface area contributed by atoms with Gasteiger partial charge in [-0.25, -0.2) is 4.39 Å². The van der Waals surface area contributed by atoms with Gasteiger partial charge < -0.3 is 10.6 Å². The van der Waals surface area contributed by atoms with Crippen molar-refractivity contribution in [1.82, 2.24) is 5.32 Å². The highest BCUT2D eigenvalue weighted by Crippen LogP contribution is 2.23. The van der Waals surface area contributed by atoms with Crippen LogP contribution in [0.3, 0.4) is 0 Å². The van der Waals surface area contributed by atoms with Crippen LogP contribution in [0.5, 0.6) is 0 Å². The molecule has 2 amide bonds. The fourth-order valence-corrected chi connectivity index (χ4v) is 3.63. The number of anilines is 1. The highest BCUT2D eigenvalue weighted by Gasteiger charge is 2.16. The van der Waals surface area contributed by atoms with E-state index in [0.29, 0.717) is 26.9 Å². The summed E-state index contributed by atoms with van der Waals surface area (Å²) >= 11 is 12.0. The summed E-state index contributed by atoms with van der Waals surface area (Å²) in [6.07, 6.45) is 4.57. The van der Waals surface area contributed by atoms with Gasteiger partial charge in [-0.3, -0.25) is 9.59 Å². The minimum Gasteiger partial charge on any atom is -0.321 e. The maximum Gasteiger partial charge on any atom is 0.272 e. The molecule has 4 nitrogen and oxygen atoms in total. The lowest BCUT2D eigenvalue weighted by molar-refractivity contribution is -0.113. The first kappa shape index (κ1) is 24.5. The van der Waals surface area contributed by atoms with Crippen molar-refractivity contribution in [1.29, 1.82) is 0 Å². The van der Waals surface area contributed by atoms with Crippen LogP contribution in [0.25, 0.3) is 6.08 Å². The summed E-state index contributed by atoms with van der Waals surface area (Å²) in [5, 5.41) is 6.05. The number of benzene rings is 3. The molecule has 3 aromatic rings. The average Bonchev–Trinajstić information content (AvgIpc) is 2.78. The van der Waals surface area contributed by atoms with E-state index in [9.17, 15) is 14.0 Å². The summed E-state index contributed by atoms with van der Waals surface area (Å²) in [7, 11) is 0. The molecule has 0 atom stereocenters. The predicted octanol–water partition coefficient (Wildman–Crippen LogP) is 6.88. The van der Waals surface area contributed by atoms with Gasteiger partial charge in [0.15, 0.2) is 0 Å². The number of amides is 2. The number of carbonyl (C=O) groups is 2. The van der Waals surface area contributed by atoms with Crippen LogP contribution >= 0.6 is 23.2 Å². The van der Waals surface area contributed by atoms with E-state index < -0.39 is 17.6 Å². The van der Waals surface area contributed by atoms with Gasteiger partial charge in [0.1, 0.15) is 11.5 Å². The topological polar surface area (TPSA) is 58.2 Å². The molecule has 0 radical (unpaired) electrons. The fourth-order valence-electron chi connectivity index (χ4n) is 3.11. The summed E-state index contributed by atoms with van der Waals surface area (Å²) < 4.78 is 13.3. The Morgan fingerprint density at radius 3 is 2.18 bits per heavy atom. The van der Waals surface area contributed by atoms with Crippen molar-refractivity contribution in [3.63, 3.8) is 0 Å². The van der Waals surface area contributed by atoms with E-state index in [1.54, 1.807) is 18.2 Å². The molecule has 3 rings (SSSR count). The number of hydrogen-bond donors (Lipinski definition) is 2. The van der Waals surface area contributed by atoms with Crippen molar-refractivity contribution in [2.45, 2.75) is 26.2 Å². The molecule has 0 heterocycles. The number of halogens is 3. The lowest BCUT2D eigenvalue weighted by atomic mass is 10.1. The first-order chi connectivity index (χ1) is 15.8. The van der Waals surface area contributed by atoms with Crippen LogP contribution in [-0.2, 0) is 11.2 Å². The minimum absolute atomic E-state index is 0.0160. The van der Waals surface area contributed by atoms with Gasteiger partial charge in [0, 0.05) is 21.3 Å². The first-order valence-corrected chi connectivity index (χ1v) is 11.2. The minimum atomic E-state index is -0.578. The summed E-state index contributed by atoms with van der Waals surface area (Å²) in [6.45, 7) is 2.12. The molecule has 33 heavy (non-hydrogen) atoms. The molecule has 0 aromatic heterocycles. The van der Waals surface area contributed by atoms with Crippen LogP contribution < -0.4 is 10.6 Å². The second-order valence-corrected chi connectivity index (χ2v) is 8.35. The smallest absolute Gasteiger partial charge is 0.272 e. The van der Waals surface area contributed by atoms with E-state index in [0.717, 1.165) is 24.8 Å². The molecule has 0 unspecified atom stereocenters. The summed E-state index contributed by atoms with van der Waals surface area (Å²) in [6, 6.07) is 17.4. The number of rotatable bonds is 8. The van der Waals surface area contributed by atoms with E-state index in [4.69, 9.17) is 23.2 Å². The number of unbranched alkanes of at least 4 members (excludes halogenated alkanes) is 1. The van der Waals surface area contributed by atoms with Gasteiger partial charge in [-0.05, 0) is 72.5 Å². The Bertz CT molecular complexity index is 1140. The van der Waals surface area contributed by atoms with Gasteiger partial charge in [0.25, 0.3) is 11.8 Å². The molecule has 0 fully saturated rings. The van der Waals surface area contributed by atoms with E-state index in [2.05, 4.69) is 17.6 Å². The molecule has 0 saturated carbocycles. The van der Waals surface area contributed by atoms with E-state index >= 15 is 0 Å². The van der Waals surface area contributed by atoms with Crippen LogP contribution in [0.1, 0.15) is 41.3 Å². The van der Waals surface area contributed by atoms with Crippen molar-refractivity contribution in [3.8, 4) is 0 Å². The molecule has 3 aromatic carbocycles. The zero-order valence-corrected chi connectivity index (χ0v) is 19.5. The van der Waals surface area contributed by atoms with Gasteiger partial charge in [-0.15, -0.1) is 0 Å². The number of nitrogens with one attached hydrogen (secondary N) is 2. The molecule has 0 aliphatic carbocycles. The molecule has 2 N–H and O–H groups in total. The third kappa shape index (κ3) is 7.45. The Morgan fingerprint density at radius 2 is 1.58 bits per heavy atom. The maximum absolute atomic E-state index is 13.3. The predicted molar refractivity (Wildman–Crippen MR) is 132 cm³/mol. The molecule has 0 aliphatic heterocycles. The lowest BCUT2D eigenvalue weighted by Crippen LogP contribution is -2.30. The van der Waals surface area contributed by atoms with Crippen LogP contribution in [0.2, 0.25) is 10.0 Å². The molecular formula is C26H23Cl2FN2O2. The zero-order chi connectivity index (χ0) is 23.8. The van der Waals surface area contributed by atoms with Crippen molar-refractivity contribution < 1.29 is 14.0 Å². The Hall–Kier alpha value is -3.15. The van der Waals surface area contributed by atoms with Crippen LogP contribution in [0.4, 0.5) is 10.1 Å². The molecule has 0 bridgehead atoms. The normalized spacial score (nSPS) is 11.2. The van der Waals surface area contributed by atoms with Crippen molar-refractivity contribution in [2.24, 2.45) is 0 Å². The van der Waals surface area contributed by atoms with Gasteiger partial charge in [0.05, 0.1) is 0 Å². The monoisotopic (exact) mass is 484 g/mol. The van der Waals surface area contributed by atoms with E-state index in [1.807, 2.05) is 12.1 Å². The molecule has 7 heteroatoms. The quantitative estimate of drug-likeness (QED) is 0.342. The average molecular weight is 485 g/mol. The number of hydrogen-bond acceptors (Lipinski definition) is 2. The Labute approximate surface area is 202 Å². The number of aryl methyl sites for hydroxylation is 1. The molecule has 170 valence electrons. The summed E-state index contributed by atoms with van der Waals surface area (Å²) in [5.41, 5.74) is 2.46. The van der Waals surface area contributed by atoms with Crippen LogP contribution in [0, 0.1) is 5.82 Å². The second-order valence-electron chi connectivity index (χ2n) is 7.48.